The molecular weight excluding hydrogens is 355 g/mol. The molecule has 1 aliphatic heterocycles. The lowest BCUT2D eigenvalue weighted by molar-refractivity contribution is -0.132. The third-order valence-electron chi connectivity index (χ3n) is 4.44. The topological polar surface area (TPSA) is 78.9 Å². The fourth-order valence-electron chi connectivity index (χ4n) is 3.22. The number of benzene rings is 1. The van der Waals surface area contributed by atoms with Crippen LogP contribution in [0.15, 0.2) is 18.2 Å². The van der Waals surface area contributed by atoms with Gasteiger partial charge in [0, 0.05) is 0 Å². The molecule has 0 bridgehead atoms. The first-order valence-electron chi connectivity index (χ1n) is 7.82. The maximum Gasteiger partial charge on any atom is 0.325 e. The van der Waals surface area contributed by atoms with Crippen molar-refractivity contribution in [3.05, 3.63) is 28.2 Å². The minimum Gasteiger partial charge on any atom is -0.488 e. The van der Waals surface area contributed by atoms with E-state index in [2.05, 4.69) is 5.32 Å². The normalized spacial score (nSPS) is 20.5. The van der Waals surface area contributed by atoms with Gasteiger partial charge in [0.2, 0.25) is 0 Å². The van der Waals surface area contributed by atoms with E-state index in [1.54, 1.807) is 18.2 Å². The predicted molar refractivity (Wildman–Crippen MR) is 89.4 cm³/mol. The van der Waals surface area contributed by atoms with Gasteiger partial charge in [0.15, 0.2) is 5.75 Å². The van der Waals surface area contributed by atoms with Crippen LogP contribution in [0.5, 0.6) is 5.75 Å². The summed E-state index contributed by atoms with van der Waals surface area (Å²) in [6.45, 7) is -0.262. The van der Waals surface area contributed by atoms with E-state index < -0.39 is 17.7 Å². The molecule has 24 heavy (non-hydrogen) atoms. The molecule has 1 atom stereocenters. The van der Waals surface area contributed by atoms with Crippen molar-refractivity contribution in [1.29, 1.82) is 0 Å². The molecule has 130 valence electrons. The lowest BCUT2D eigenvalue weighted by Crippen LogP contribution is -2.45. The predicted octanol–water partition coefficient (Wildman–Crippen LogP) is 2.60. The van der Waals surface area contributed by atoms with Gasteiger partial charge in [-0.3, -0.25) is 9.69 Å². The summed E-state index contributed by atoms with van der Waals surface area (Å²) in [5.74, 6) is 0.00386. The van der Waals surface area contributed by atoms with Crippen molar-refractivity contribution < 1.29 is 19.4 Å². The van der Waals surface area contributed by atoms with Gasteiger partial charge in [-0.1, -0.05) is 42.1 Å². The van der Waals surface area contributed by atoms with Crippen LogP contribution in [0.4, 0.5) is 4.79 Å². The van der Waals surface area contributed by atoms with Gasteiger partial charge in [-0.25, -0.2) is 4.79 Å². The maximum atomic E-state index is 12.5. The number of para-hydroxylation sites is 1. The number of nitrogens with one attached hydrogen (secondary N) is 1. The molecule has 1 aliphatic carbocycles. The zero-order valence-electron chi connectivity index (χ0n) is 12.9. The smallest absolute Gasteiger partial charge is 0.325 e. The number of aliphatic hydroxyl groups excluding tert-OH is 1. The van der Waals surface area contributed by atoms with Gasteiger partial charge < -0.3 is 15.2 Å². The van der Waals surface area contributed by atoms with E-state index in [1.165, 1.54) is 0 Å². The Balaban J connectivity index is 1.60. The second-order valence-corrected chi connectivity index (χ2v) is 6.97. The summed E-state index contributed by atoms with van der Waals surface area (Å²) >= 11 is 12.0. The SMILES string of the molecule is O=C1NC2(CCCC2)C(=O)N1CC(O)COc1c(Cl)cccc1Cl. The molecule has 1 spiro atoms. The van der Waals surface area contributed by atoms with Crippen LogP contribution in [0.1, 0.15) is 25.7 Å². The Morgan fingerprint density at radius 3 is 2.50 bits per heavy atom. The zero-order chi connectivity index (χ0) is 17.3. The molecule has 1 unspecified atom stereocenters. The first-order valence-corrected chi connectivity index (χ1v) is 8.57. The highest BCUT2D eigenvalue weighted by Gasteiger charge is 2.52. The number of ether oxygens (including phenoxy) is 1. The standard InChI is InChI=1S/C16H18Cl2N2O4/c17-11-4-3-5-12(18)13(11)24-9-10(21)8-20-14(22)16(19-15(20)23)6-1-2-7-16/h3-5,10,21H,1-2,6-9H2,(H,19,23). The van der Waals surface area contributed by atoms with E-state index in [9.17, 15) is 14.7 Å². The Labute approximate surface area is 149 Å². The molecule has 3 amide bonds. The quantitative estimate of drug-likeness (QED) is 0.778. The largest absolute Gasteiger partial charge is 0.488 e. The van der Waals surface area contributed by atoms with Gasteiger partial charge in [0.1, 0.15) is 18.2 Å². The van der Waals surface area contributed by atoms with Crippen molar-refractivity contribution >= 4 is 35.1 Å². The molecule has 2 aliphatic rings. The number of amides is 3. The third kappa shape index (κ3) is 3.18. The summed E-state index contributed by atoms with van der Waals surface area (Å²) in [5, 5.41) is 13.6. The van der Waals surface area contributed by atoms with Gasteiger partial charge in [-0.15, -0.1) is 0 Å². The van der Waals surface area contributed by atoms with Gasteiger partial charge >= 0.3 is 6.03 Å². The third-order valence-corrected chi connectivity index (χ3v) is 5.03. The van der Waals surface area contributed by atoms with E-state index in [-0.39, 0.29) is 24.8 Å². The zero-order valence-corrected chi connectivity index (χ0v) is 14.4. The van der Waals surface area contributed by atoms with Gasteiger partial charge in [0.05, 0.1) is 16.6 Å². The van der Waals surface area contributed by atoms with Crippen LogP contribution in [-0.4, -0.2) is 46.7 Å². The molecule has 1 heterocycles. The molecule has 1 saturated heterocycles. The van der Waals surface area contributed by atoms with Gasteiger partial charge in [-0.2, -0.15) is 0 Å². The average Bonchev–Trinajstić information content (AvgIpc) is 3.08. The number of hydrogen-bond acceptors (Lipinski definition) is 4. The first kappa shape index (κ1) is 17.3. The number of halogens is 2. The van der Waals surface area contributed by atoms with Crippen molar-refractivity contribution in [2.45, 2.75) is 37.3 Å². The number of carbonyl (C=O) groups is 2. The summed E-state index contributed by atoms with van der Waals surface area (Å²) in [6.07, 6.45) is 2.09. The van der Waals surface area contributed by atoms with Gasteiger partial charge in [0.25, 0.3) is 5.91 Å². The highest BCUT2D eigenvalue weighted by molar-refractivity contribution is 6.37. The fourth-order valence-corrected chi connectivity index (χ4v) is 3.73. The second-order valence-electron chi connectivity index (χ2n) is 6.15. The van der Waals surface area contributed by atoms with E-state index in [0.717, 1.165) is 17.7 Å². The van der Waals surface area contributed by atoms with Crippen LogP contribution >= 0.6 is 23.2 Å². The molecule has 1 aromatic rings. The van der Waals surface area contributed by atoms with Crippen molar-refractivity contribution in [2.24, 2.45) is 0 Å². The number of urea groups is 1. The number of imide groups is 1. The first-order chi connectivity index (χ1) is 11.4. The molecular formula is C16H18Cl2N2O4. The number of hydrogen-bond donors (Lipinski definition) is 2. The van der Waals surface area contributed by atoms with Crippen molar-refractivity contribution in [1.82, 2.24) is 10.2 Å². The molecule has 3 rings (SSSR count). The van der Waals surface area contributed by atoms with Crippen LogP contribution in [0.3, 0.4) is 0 Å². The molecule has 6 nitrogen and oxygen atoms in total. The van der Waals surface area contributed by atoms with E-state index in [4.69, 9.17) is 27.9 Å². The van der Waals surface area contributed by atoms with Crippen LogP contribution in [-0.2, 0) is 4.79 Å². The van der Waals surface area contributed by atoms with Crippen LogP contribution in [0.2, 0.25) is 10.0 Å². The molecule has 1 saturated carbocycles. The summed E-state index contributed by atoms with van der Waals surface area (Å²) in [6, 6.07) is 4.46. The maximum absolute atomic E-state index is 12.5. The number of rotatable bonds is 5. The lowest BCUT2D eigenvalue weighted by Gasteiger charge is -2.21. The van der Waals surface area contributed by atoms with Crippen molar-refractivity contribution in [2.75, 3.05) is 13.2 Å². The monoisotopic (exact) mass is 372 g/mol. The summed E-state index contributed by atoms with van der Waals surface area (Å²) < 4.78 is 5.44. The highest BCUT2D eigenvalue weighted by Crippen LogP contribution is 2.35. The van der Waals surface area contributed by atoms with E-state index in [0.29, 0.717) is 22.9 Å². The molecule has 2 fully saturated rings. The number of aliphatic hydroxyl groups is 1. The molecule has 2 N–H and O–H groups in total. The summed E-state index contributed by atoms with van der Waals surface area (Å²) in [4.78, 5) is 25.6. The average molecular weight is 373 g/mol. The van der Waals surface area contributed by atoms with Crippen LogP contribution in [0, 0.1) is 0 Å². The molecule has 1 aromatic carbocycles. The van der Waals surface area contributed by atoms with Gasteiger partial charge in [-0.05, 0) is 25.0 Å². The molecule has 0 aromatic heterocycles. The second kappa shape index (κ2) is 6.78. The Morgan fingerprint density at radius 1 is 1.25 bits per heavy atom. The number of β-amino-alcohol motifs (C(OH)–C–C–N with tert-alkyl or cyclic N) is 1. The lowest BCUT2D eigenvalue weighted by atomic mass is 9.98. The van der Waals surface area contributed by atoms with E-state index in [1.807, 2.05) is 0 Å². The molecule has 8 heteroatoms. The minimum absolute atomic E-state index is 0.130. The highest BCUT2D eigenvalue weighted by atomic mass is 35.5. The Kier molecular flexibility index (Phi) is 4.90. The minimum atomic E-state index is -1.04. The number of nitrogens with zero attached hydrogens (tertiary/aromatic N) is 1. The van der Waals surface area contributed by atoms with Crippen molar-refractivity contribution in [3.63, 3.8) is 0 Å². The van der Waals surface area contributed by atoms with Crippen molar-refractivity contribution in [3.8, 4) is 5.75 Å². The Morgan fingerprint density at radius 2 is 1.88 bits per heavy atom. The van der Waals surface area contributed by atoms with Crippen LogP contribution in [0.25, 0.3) is 0 Å². The summed E-state index contributed by atoms with van der Waals surface area (Å²) in [5.41, 5.74) is -0.774. The summed E-state index contributed by atoms with van der Waals surface area (Å²) in [7, 11) is 0. The van der Waals surface area contributed by atoms with E-state index >= 15 is 0 Å². The Bertz CT molecular complexity index is 641. The Hall–Kier alpha value is -1.50. The fraction of sp³-hybridized carbons (Fsp3) is 0.500. The molecule has 0 radical (unpaired) electrons. The van der Waals surface area contributed by atoms with Crippen LogP contribution < -0.4 is 10.1 Å². The number of carbonyl (C=O) groups excluding carboxylic acids is 2.